The van der Waals surface area contributed by atoms with E-state index in [0.717, 1.165) is 5.56 Å². The van der Waals surface area contributed by atoms with Crippen LogP contribution in [0.4, 0.5) is 0 Å². The molecule has 0 spiro atoms. The van der Waals surface area contributed by atoms with Crippen LogP contribution in [-0.4, -0.2) is 32.3 Å². The van der Waals surface area contributed by atoms with Crippen molar-refractivity contribution < 1.29 is 18.0 Å². The minimum Gasteiger partial charge on any atom is -0.350 e. The molecule has 0 fully saturated rings. The van der Waals surface area contributed by atoms with Gasteiger partial charge in [-0.05, 0) is 44.0 Å². The summed E-state index contributed by atoms with van der Waals surface area (Å²) in [5.41, 5.74) is 1.62. The Morgan fingerprint density at radius 2 is 1.58 bits per heavy atom. The number of carbonyl (C=O) groups excluding carboxylic acids is 2. The van der Waals surface area contributed by atoms with Crippen LogP contribution in [0.3, 0.4) is 0 Å². The highest BCUT2D eigenvalue weighted by molar-refractivity contribution is 7.88. The van der Waals surface area contributed by atoms with Crippen LogP contribution in [0.2, 0.25) is 10.0 Å². The molecule has 10 heteroatoms. The first kappa shape index (κ1) is 25.1. The second-order valence-electron chi connectivity index (χ2n) is 7.36. The molecule has 2 aromatic carbocycles. The van der Waals surface area contributed by atoms with Gasteiger partial charge in [-0.1, -0.05) is 53.5 Å². The Balaban J connectivity index is 1.89. The third kappa shape index (κ3) is 7.81. The summed E-state index contributed by atoms with van der Waals surface area (Å²) in [5, 5.41) is 5.69. The van der Waals surface area contributed by atoms with Crippen molar-refractivity contribution in [2.45, 2.75) is 45.2 Å². The molecule has 0 aliphatic carbocycles. The molecule has 7 nitrogen and oxygen atoms in total. The van der Waals surface area contributed by atoms with Crippen molar-refractivity contribution in [1.82, 2.24) is 15.4 Å². The molecule has 0 bridgehead atoms. The SMILES string of the molecule is CC(C)NS(=O)(=O)Cc1ccc(CNC(=O)C(C)NC(=O)c2cccc(Cl)c2Cl)cc1. The Morgan fingerprint density at radius 3 is 2.19 bits per heavy atom. The predicted octanol–water partition coefficient (Wildman–Crippen LogP) is 3.26. The van der Waals surface area contributed by atoms with Gasteiger partial charge >= 0.3 is 0 Å². The number of hydrogen-bond donors (Lipinski definition) is 3. The first-order valence-corrected chi connectivity index (χ1v) is 12.0. The number of nitrogens with one attached hydrogen (secondary N) is 3. The maximum absolute atomic E-state index is 12.3. The van der Waals surface area contributed by atoms with Gasteiger partial charge in [0.05, 0.1) is 21.4 Å². The van der Waals surface area contributed by atoms with E-state index in [2.05, 4.69) is 15.4 Å². The van der Waals surface area contributed by atoms with Crippen molar-refractivity contribution in [2.24, 2.45) is 0 Å². The lowest BCUT2D eigenvalue weighted by Gasteiger charge is -2.15. The van der Waals surface area contributed by atoms with Crippen LogP contribution >= 0.6 is 23.2 Å². The van der Waals surface area contributed by atoms with E-state index in [1.54, 1.807) is 57.2 Å². The zero-order valence-electron chi connectivity index (χ0n) is 17.4. The fourth-order valence-electron chi connectivity index (χ4n) is 2.73. The summed E-state index contributed by atoms with van der Waals surface area (Å²) in [6, 6.07) is 10.6. The molecule has 0 aromatic heterocycles. The van der Waals surface area contributed by atoms with E-state index in [-0.39, 0.29) is 39.9 Å². The van der Waals surface area contributed by atoms with E-state index in [9.17, 15) is 18.0 Å². The number of benzene rings is 2. The molecule has 0 aliphatic heterocycles. The molecule has 1 atom stereocenters. The maximum Gasteiger partial charge on any atom is 0.253 e. The number of carbonyl (C=O) groups is 2. The maximum atomic E-state index is 12.3. The summed E-state index contributed by atoms with van der Waals surface area (Å²) in [7, 11) is -3.40. The first-order valence-electron chi connectivity index (χ1n) is 9.59. The molecule has 0 radical (unpaired) electrons. The Bertz CT molecular complexity index is 1040. The lowest BCUT2D eigenvalue weighted by atomic mass is 10.1. The molecule has 2 aromatic rings. The van der Waals surface area contributed by atoms with Gasteiger partial charge < -0.3 is 10.6 Å². The Kier molecular flexibility index (Phi) is 8.88. The molecule has 168 valence electrons. The number of hydrogen-bond acceptors (Lipinski definition) is 4. The fraction of sp³-hybridized carbons (Fsp3) is 0.333. The lowest BCUT2D eigenvalue weighted by molar-refractivity contribution is -0.122. The van der Waals surface area contributed by atoms with Crippen LogP contribution < -0.4 is 15.4 Å². The van der Waals surface area contributed by atoms with E-state index in [1.165, 1.54) is 6.07 Å². The van der Waals surface area contributed by atoms with Crippen molar-refractivity contribution >= 4 is 45.0 Å². The molecule has 31 heavy (non-hydrogen) atoms. The molecule has 2 rings (SSSR count). The van der Waals surface area contributed by atoms with E-state index < -0.39 is 22.0 Å². The summed E-state index contributed by atoms with van der Waals surface area (Å²) in [4.78, 5) is 24.7. The van der Waals surface area contributed by atoms with E-state index >= 15 is 0 Å². The molecule has 1 unspecified atom stereocenters. The zero-order chi connectivity index (χ0) is 23.2. The third-order valence-corrected chi connectivity index (χ3v) is 6.56. The number of halogens is 2. The van der Waals surface area contributed by atoms with Crippen LogP contribution in [0.15, 0.2) is 42.5 Å². The lowest BCUT2D eigenvalue weighted by Crippen LogP contribution is -2.44. The largest absolute Gasteiger partial charge is 0.350 e. The summed E-state index contributed by atoms with van der Waals surface area (Å²) in [6.07, 6.45) is 0. The molecule has 0 heterocycles. The van der Waals surface area contributed by atoms with Crippen LogP contribution in [0.5, 0.6) is 0 Å². The number of rotatable bonds is 9. The summed E-state index contributed by atoms with van der Waals surface area (Å²) in [5.74, 6) is -0.998. The summed E-state index contributed by atoms with van der Waals surface area (Å²) in [6.45, 7) is 5.31. The molecule has 0 saturated carbocycles. The highest BCUT2D eigenvalue weighted by Gasteiger charge is 2.19. The molecule has 2 amide bonds. The van der Waals surface area contributed by atoms with Crippen molar-refractivity contribution in [3.63, 3.8) is 0 Å². The van der Waals surface area contributed by atoms with Gasteiger partial charge in [-0.2, -0.15) is 0 Å². The van der Waals surface area contributed by atoms with Crippen molar-refractivity contribution in [1.29, 1.82) is 0 Å². The van der Waals surface area contributed by atoms with Gasteiger partial charge in [0.15, 0.2) is 0 Å². The topological polar surface area (TPSA) is 104 Å². The van der Waals surface area contributed by atoms with Crippen molar-refractivity contribution in [2.75, 3.05) is 0 Å². The van der Waals surface area contributed by atoms with Crippen molar-refractivity contribution in [3.05, 3.63) is 69.2 Å². The second kappa shape index (κ2) is 10.9. The van der Waals surface area contributed by atoms with Gasteiger partial charge in [-0.25, -0.2) is 13.1 Å². The van der Waals surface area contributed by atoms with Crippen LogP contribution in [-0.2, 0) is 27.1 Å². The van der Waals surface area contributed by atoms with Gasteiger partial charge in [-0.3, -0.25) is 9.59 Å². The average molecular weight is 486 g/mol. The van der Waals surface area contributed by atoms with Gasteiger partial charge in [0, 0.05) is 12.6 Å². The monoisotopic (exact) mass is 485 g/mol. The van der Waals surface area contributed by atoms with Gasteiger partial charge in [-0.15, -0.1) is 0 Å². The minimum atomic E-state index is -3.40. The van der Waals surface area contributed by atoms with E-state index in [4.69, 9.17) is 23.2 Å². The zero-order valence-corrected chi connectivity index (χ0v) is 19.7. The van der Waals surface area contributed by atoms with Gasteiger partial charge in [0.2, 0.25) is 15.9 Å². The Hall–Kier alpha value is -2.13. The highest BCUT2D eigenvalue weighted by Crippen LogP contribution is 2.25. The molecule has 0 aliphatic rings. The van der Waals surface area contributed by atoms with E-state index in [0.29, 0.717) is 5.56 Å². The van der Waals surface area contributed by atoms with Crippen LogP contribution in [0.1, 0.15) is 42.3 Å². The highest BCUT2D eigenvalue weighted by atomic mass is 35.5. The van der Waals surface area contributed by atoms with Crippen LogP contribution in [0, 0.1) is 0 Å². The quantitative estimate of drug-likeness (QED) is 0.506. The normalized spacial score (nSPS) is 12.5. The summed E-state index contributed by atoms with van der Waals surface area (Å²) < 4.78 is 26.5. The third-order valence-electron chi connectivity index (χ3n) is 4.20. The second-order valence-corrected chi connectivity index (χ2v) is 9.90. The van der Waals surface area contributed by atoms with Crippen molar-refractivity contribution in [3.8, 4) is 0 Å². The smallest absolute Gasteiger partial charge is 0.253 e. The number of amides is 2. The average Bonchev–Trinajstić information content (AvgIpc) is 2.67. The molecular formula is C21H25Cl2N3O4S. The standard InChI is InChI=1S/C21H25Cl2N3O4S/c1-13(2)26-31(29,30)12-16-9-7-15(8-10-16)11-24-20(27)14(3)25-21(28)17-5-4-6-18(22)19(17)23/h4-10,13-14,26H,11-12H2,1-3H3,(H,24,27)(H,25,28). The van der Waals surface area contributed by atoms with E-state index in [1.807, 2.05) is 0 Å². The predicted molar refractivity (Wildman–Crippen MR) is 123 cm³/mol. The molecular weight excluding hydrogens is 461 g/mol. The Labute approximate surface area is 192 Å². The first-order chi connectivity index (χ1) is 14.5. The minimum absolute atomic E-state index is 0.118. The Morgan fingerprint density at radius 1 is 0.968 bits per heavy atom. The number of sulfonamides is 1. The molecule has 3 N–H and O–H groups in total. The molecule has 0 saturated heterocycles. The van der Waals surface area contributed by atoms with Gasteiger partial charge in [0.1, 0.15) is 6.04 Å². The van der Waals surface area contributed by atoms with Crippen LogP contribution in [0.25, 0.3) is 0 Å². The fourth-order valence-corrected chi connectivity index (χ4v) is 4.55. The summed E-state index contributed by atoms with van der Waals surface area (Å²) >= 11 is 11.9. The van der Waals surface area contributed by atoms with Gasteiger partial charge in [0.25, 0.3) is 5.91 Å².